The van der Waals surface area contributed by atoms with E-state index in [1.165, 1.54) is 6.42 Å². The summed E-state index contributed by atoms with van der Waals surface area (Å²) in [6, 6.07) is 15.9. The van der Waals surface area contributed by atoms with Gasteiger partial charge in [-0.1, -0.05) is 36.4 Å². The number of piperazine rings is 1. The number of anilines is 1. The monoisotopic (exact) mass is 408 g/mol. The van der Waals surface area contributed by atoms with Crippen LogP contribution in [0.4, 0.5) is 5.82 Å². The van der Waals surface area contributed by atoms with Crippen molar-refractivity contribution in [3.8, 4) is 0 Å². The Morgan fingerprint density at radius 1 is 1.07 bits per heavy atom. The number of ether oxygens (including phenoxy) is 1. The third-order valence-electron chi connectivity index (χ3n) is 6.25. The molecule has 1 amide bonds. The summed E-state index contributed by atoms with van der Waals surface area (Å²) in [6.07, 6.45) is 3.60. The minimum Gasteiger partial charge on any atom is -0.367 e. The maximum atomic E-state index is 13.1. The average molecular weight is 409 g/mol. The van der Waals surface area contributed by atoms with Crippen molar-refractivity contribution < 1.29 is 9.53 Å². The van der Waals surface area contributed by atoms with Crippen LogP contribution in [0.5, 0.6) is 0 Å². The quantitative estimate of drug-likeness (QED) is 0.736. The molecule has 6 nitrogen and oxygen atoms in total. The number of amides is 1. The van der Waals surface area contributed by atoms with Crippen LogP contribution >= 0.6 is 0 Å². The Balaban J connectivity index is 1.30. The Bertz CT molecular complexity index is 793. The van der Waals surface area contributed by atoms with Crippen LogP contribution in [0.15, 0.2) is 54.7 Å². The molecule has 0 saturated carbocycles. The zero-order valence-corrected chi connectivity index (χ0v) is 17.8. The normalized spacial score (nSPS) is 21.4. The van der Waals surface area contributed by atoms with Gasteiger partial charge in [0.15, 0.2) is 6.10 Å². The van der Waals surface area contributed by atoms with Crippen molar-refractivity contribution in [1.29, 1.82) is 0 Å². The maximum absolute atomic E-state index is 13.1. The van der Waals surface area contributed by atoms with Crippen LogP contribution < -0.4 is 4.90 Å². The van der Waals surface area contributed by atoms with Crippen molar-refractivity contribution in [1.82, 2.24) is 14.8 Å². The van der Waals surface area contributed by atoms with Gasteiger partial charge in [0.2, 0.25) is 0 Å². The van der Waals surface area contributed by atoms with Gasteiger partial charge in [-0.25, -0.2) is 4.98 Å². The van der Waals surface area contributed by atoms with E-state index in [1.807, 2.05) is 53.6 Å². The van der Waals surface area contributed by atoms with Crippen LogP contribution in [0.3, 0.4) is 0 Å². The van der Waals surface area contributed by atoms with E-state index >= 15 is 0 Å². The summed E-state index contributed by atoms with van der Waals surface area (Å²) in [4.78, 5) is 24.5. The third kappa shape index (κ3) is 4.99. The van der Waals surface area contributed by atoms with Crippen molar-refractivity contribution in [3.63, 3.8) is 0 Å². The second kappa shape index (κ2) is 10.0. The van der Waals surface area contributed by atoms with E-state index in [-0.39, 0.29) is 5.91 Å². The number of aromatic nitrogens is 1. The molecule has 2 atom stereocenters. The van der Waals surface area contributed by atoms with Gasteiger partial charge >= 0.3 is 0 Å². The largest absolute Gasteiger partial charge is 0.367 e. The molecule has 6 heteroatoms. The number of hydrogen-bond donors (Lipinski definition) is 0. The van der Waals surface area contributed by atoms with Gasteiger partial charge in [-0.05, 0) is 36.5 Å². The molecule has 4 rings (SSSR count). The molecule has 0 bridgehead atoms. The lowest BCUT2D eigenvalue weighted by Crippen LogP contribution is -2.50. The minimum atomic E-state index is -0.508. The van der Waals surface area contributed by atoms with E-state index in [2.05, 4.69) is 20.9 Å². The summed E-state index contributed by atoms with van der Waals surface area (Å²) < 4.78 is 5.58. The van der Waals surface area contributed by atoms with Crippen molar-refractivity contribution >= 4 is 11.7 Å². The predicted molar refractivity (Wildman–Crippen MR) is 118 cm³/mol. The minimum absolute atomic E-state index is 0.0911. The van der Waals surface area contributed by atoms with E-state index < -0.39 is 6.10 Å². The first-order valence-corrected chi connectivity index (χ1v) is 11.0. The summed E-state index contributed by atoms with van der Waals surface area (Å²) in [5.74, 6) is 1.68. The van der Waals surface area contributed by atoms with E-state index in [9.17, 15) is 4.79 Å². The summed E-state index contributed by atoms with van der Waals surface area (Å²) in [5.41, 5.74) is 0.928. The van der Waals surface area contributed by atoms with Gasteiger partial charge in [-0.2, -0.15) is 0 Å². The third-order valence-corrected chi connectivity index (χ3v) is 6.25. The van der Waals surface area contributed by atoms with Gasteiger partial charge in [0, 0.05) is 59.1 Å². The number of nitrogens with zero attached hydrogens (tertiary/aromatic N) is 4. The summed E-state index contributed by atoms with van der Waals surface area (Å²) in [6.45, 7) is 6.82. The summed E-state index contributed by atoms with van der Waals surface area (Å²) in [7, 11) is 1.62. The molecule has 2 fully saturated rings. The molecular weight excluding hydrogens is 376 g/mol. The number of methoxy groups -OCH3 is 1. The number of rotatable bonds is 6. The fraction of sp³-hybridized carbons (Fsp3) is 0.500. The van der Waals surface area contributed by atoms with Crippen LogP contribution in [0, 0.1) is 5.92 Å². The highest BCUT2D eigenvalue weighted by Crippen LogP contribution is 2.25. The lowest BCUT2D eigenvalue weighted by Gasteiger charge is -2.40. The topological polar surface area (TPSA) is 48.9 Å². The van der Waals surface area contributed by atoms with E-state index in [4.69, 9.17) is 4.74 Å². The van der Waals surface area contributed by atoms with Gasteiger partial charge in [0.1, 0.15) is 5.82 Å². The number of hydrogen-bond acceptors (Lipinski definition) is 5. The SMILES string of the molecule is COC(C(=O)N1CCCC(CN2CCN(c3ccccn3)CC2)C1)c1ccccc1. The smallest absolute Gasteiger partial charge is 0.256 e. The van der Waals surface area contributed by atoms with Crippen molar-refractivity contribution in [2.75, 3.05) is 57.8 Å². The number of carbonyl (C=O) groups excluding carboxylic acids is 1. The van der Waals surface area contributed by atoms with Gasteiger partial charge in [0.05, 0.1) is 0 Å². The van der Waals surface area contributed by atoms with Crippen LogP contribution in [-0.4, -0.2) is 73.6 Å². The Kier molecular flexibility index (Phi) is 6.97. The first kappa shape index (κ1) is 20.8. The molecule has 0 aliphatic carbocycles. The molecule has 2 aromatic rings. The molecule has 160 valence electrons. The highest BCUT2D eigenvalue weighted by Gasteiger charge is 2.31. The molecule has 2 aliphatic rings. The Labute approximate surface area is 179 Å². The standard InChI is InChI=1S/C24H32N4O2/c1-30-23(21-9-3-2-4-10-21)24(29)28-13-7-8-20(19-28)18-26-14-16-27(17-15-26)22-11-5-6-12-25-22/h2-6,9-12,20,23H,7-8,13-19H2,1H3. The first-order valence-electron chi connectivity index (χ1n) is 11.0. The summed E-state index contributed by atoms with van der Waals surface area (Å²) >= 11 is 0. The lowest BCUT2D eigenvalue weighted by atomic mass is 9.96. The molecule has 0 spiro atoms. The zero-order chi connectivity index (χ0) is 20.8. The Morgan fingerprint density at radius 2 is 1.83 bits per heavy atom. The Hall–Kier alpha value is -2.44. The number of piperidine rings is 1. The van der Waals surface area contributed by atoms with E-state index in [0.717, 1.165) is 63.6 Å². The van der Waals surface area contributed by atoms with Crippen LogP contribution in [-0.2, 0) is 9.53 Å². The number of likely N-dealkylation sites (tertiary alicyclic amines) is 1. The fourth-order valence-electron chi connectivity index (χ4n) is 4.65. The highest BCUT2D eigenvalue weighted by atomic mass is 16.5. The Morgan fingerprint density at radius 3 is 2.53 bits per heavy atom. The number of pyridine rings is 1. The maximum Gasteiger partial charge on any atom is 0.256 e. The van der Waals surface area contributed by atoms with Gasteiger partial charge < -0.3 is 14.5 Å². The zero-order valence-electron chi connectivity index (χ0n) is 17.8. The highest BCUT2D eigenvalue weighted by molar-refractivity contribution is 5.82. The molecule has 0 radical (unpaired) electrons. The van der Waals surface area contributed by atoms with Gasteiger partial charge in [0.25, 0.3) is 5.91 Å². The predicted octanol–water partition coefficient (Wildman–Crippen LogP) is 2.83. The van der Waals surface area contributed by atoms with E-state index in [1.54, 1.807) is 7.11 Å². The van der Waals surface area contributed by atoms with Gasteiger partial charge in [-0.15, -0.1) is 0 Å². The average Bonchev–Trinajstić information content (AvgIpc) is 2.81. The molecule has 2 unspecified atom stereocenters. The molecule has 0 N–H and O–H groups in total. The van der Waals surface area contributed by atoms with Crippen molar-refractivity contribution in [2.24, 2.45) is 5.92 Å². The van der Waals surface area contributed by atoms with Crippen molar-refractivity contribution in [2.45, 2.75) is 18.9 Å². The van der Waals surface area contributed by atoms with Crippen LogP contribution in [0.25, 0.3) is 0 Å². The fourth-order valence-corrected chi connectivity index (χ4v) is 4.65. The molecule has 1 aromatic heterocycles. The molecule has 30 heavy (non-hydrogen) atoms. The lowest BCUT2D eigenvalue weighted by molar-refractivity contribution is -0.144. The molecule has 2 aliphatic heterocycles. The first-order chi connectivity index (χ1) is 14.7. The van der Waals surface area contributed by atoms with Crippen LogP contribution in [0.2, 0.25) is 0 Å². The van der Waals surface area contributed by atoms with Crippen LogP contribution in [0.1, 0.15) is 24.5 Å². The second-order valence-corrected chi connectivity index (χ2v) is 8.29. The molecular formula is C24H32N4O2. The summed E-state index contributed by atoms with van der Waals surface area (Å²) in [5, 5.41) is 0. The molecule has 3 heterocycles. The van der Waals surface area contributed by atoms with Crippen molar-refractivity contribution in [3.05, 3.63) is 60.3 Å². The van der Waals surface area contributed by atoms with E-state index in [0.29, 0.717) is 5.92 Å². The molecule has 1 aromatic carbocycles. The molecule has 2 saturated heterocycles. The number of carbonyl (C=O) groups is 1. The second-order valence-electron chi connectivity index (χ2n) is 8.29. The number of benzene rings is 1. The van der Waals surface area contributed by atoms with Gasteiger partial charge in [-0.3, -0.25) is 9.69 Å².